The molecule has 0 saturated heterocycles. The Balaban J connectivity index is 2.65. The summed E-state index contributed by atoms with van der Waals surface area (Å²) in [4.78, 5) is 0. The van der Waals surface area contributed by atoms with Crippen LogP contribution in [-0.2, 0) is 6.42 Å². The zero-order valence-electron chi connectivity index (χ0n) is 8.27. The Morgan fingerprint density at radius 2 is 2.21 bits per heavy atom. The number of hydrogen-bond acceptors (Lipinski definition) is 0. The van der Waals surface area contributed by atoms with Crippen molar-refractivity contribution in [3.63, 3.8) is 0 Å². The quantitative estimate of drug-likeness (QED) is 0.606. The molecule has 0 fully saturated rings. The van der Waals surface area contributed by atoms with Crippen LogP contribution in [0, 0.1) is 11.7 Å². The van der Waals surface area contributed by atoms with Gasteiger partial charge in [0.2, 0.25) is 0 Å². The van der Waals surface area contributed by atoms with Crippen molar-refractivity contribution in [1.82, 2.24) is 0 Å². The van der Waals surface area contributed by atoms with Crippen LogP contribution in [0.3, 0.4) is 0 Å². The van der Waals surface area contributed by atoms with E-state index < -0.39 is 0 Å². The number of allylic oxidation sites excluding steroid dienone is 2. The van der Waals surface area contributed by atoms with Gasteiger partial charge >= 0.3 is 0 Å². The summed E-state index contributed by atoms with van der Waals surface area (Å²) >= 11 is 6.00. The number of benzene rings is 1. The van der Waals surface area contributed by atoms with Crippen LogP contribution in [0.5, 0.6) is 0 Å². The minimum absolute atomic E-state index is 0.248. The average molecular weight is 211 g/mol. The number of halogens is 2. The van der Waals surface area contributed by atoms with Gasteiger partial charge in [-0.15, -0.1) is 0 Å². The maximum atomic E-state index is 13.1. The molecule has 1 aromatic carbocycles. The van der Waals surface area contributed by atoms with Crippen LogP contribution in [0.4, 0.5) is 4.39 Å². The fraction of sp³-hybridized carbons (Fsp3) is 0.333. The van der Waals surface area contributed by atoms with Crippen molar-refractivity contribution < 1.29 is 4.39 Å². The molecule has 0 saturated carbocycles. The van der Waals surface area contributed by atoms with E-state index in [4.69, 9.17) is 11.6 Å². The first-order valence-electron chi connectivity index (χ1n) is 4.78. The van der Waals surface area contributed by atoms with Crippen LogP contribution in [0.15, 0.2) is 18.2 Å². The summed E-state index contributed by atoms with van der Waals surface area (Å²) < 4.78 is 13.1. The van der Waals surface area contributed by atoms with Crippen molar-refractivity contribution in [3.8, 4) is 0 Å². The first kappa shape index (κ1) is 9.72. The number of rotatable bonds is 0. The molecule has 2 heteroatoms. The molecule has 1 aliphatic carbocycles. The number of hydrogen-bond donors (Lipinski definition) is 0. The Hall–Kier alpha value is -0.820. The molecule has 0 aliphatic heterocycles. The lowest BCUT2D eigenvalue weighted by Crippen LogP contribution is -1.89. The molecule has 1 unspecified atom stereocenters. The van der Waals surface area contributed by atoms with E-state index in [1.54, 1.807) is 6.07 Å². The SMILES string of the molecule is C/C=C1\c2cc(F)cc(Cl)c2CC1C. The summed E-state index contributed by atoms with van der Waals surface area (Å²) in [6.45, 7) is 4.13. The monoisotopic (exact) mass is 210 g/mol. The molecule has 0 heterocycles. The Kier molecular flexibility index (Phi) is 2.36. The highest BCUT2D eigenvalue weighted by Gasteiger charge is 2.25. The van der Waals surface area contributed by atoms with E-state index in [2.05, 4.69) is 6.92 Å². The van der Waals surface area contributed by atoms with Crippen LogP contribution in [0.2, 0.25) is 5.02 Å². The predicted molar refractivity (Wildman–Crippen MR) is 57.9 cm³/mol. The van der Waals surface area contributed by atoms with Gasteiger partial charge in [0.1, 0.15) is 5.82 Å². The van der Waals surface area contributed by atoms with Gasteiger partial charge < -0.3 is 0 Å². The number of fused-ring (bicyclic) bond motifs is 1. The van der Waals surface area contributed by atoms with Gasteiger partial charge in [0.05, 0.1) is 0 Å². The van der Waals surface area contributed by atoms with E-state index in [9.17, 15) is 4.39 Å². The molecule has 0 N–H and O–H groups in total. The normalized spacial score (nSPS) is 22.9. The third-order valence-electron chi connectivity index (χ3n) is 2.82. The van der Waals surface area contributed by atoms with Gasteiger partial charge in [-0.05, 0) is 48.1 Å². The minimum atomic E-state index is -0.248. The Morgan fingerprint density at radius 3 is 2.86 bits per heavy atom. The smallest absolute Gasteiger partial charge is 0.125 e. The maximum Gasteiger partial charge on any atom is 0.125 e. The van der Waals surface area contributed by atoms with Crippen molar-refractivity contribution in [3.05, 3.63) is 40.2 Å². The molecule has 0 nitrogen and oxygen atoms in total. The van der Waals surface area contributed by atoms with Crippen LogP contribution < -0.4 is 0 Å². The third kappa shape index (κ3) is 1.36. The minimum Gasteiger partial charge on any atom is -0.207 e. The summed E-state index contributed by atoms with van der Waals surface area (Å²) in [5, 5.41) is 0.559. The fourth-order valence-electron chi connectivity index (χ4n) is 2.19. The first-order chi connectivity index (χ1) is 6.63. The molecule has 0 aromatic heterocycles. The van der Waals surface area contributed by atoms with E-state index in [1.807, 2.05) is 13.0 Å². The summed E-state index contributed by atoms with van der Waals surface area (Å²) in [5.74, 6) is 0.205. The molecule has 1 aliphatic rings. The zero-order chi connectivity index (χ0) is 10.3. The topological polar surface area (TPSA) is 0 Å². The van der Waals surface area contributed by atoms with Crippen molar-refractivity contribution in [1.29, 1.82) is 0 Å². The lowest BCUT2D eigenvalue weighted by Gasteiger charge is -2.04. The molecule has 1 aromatic rings. The second kappa shape index (κ2) is 3.39. The molecule has 2 rings (SSSR count). The van der Waals surface area contributed by atoms with Gasteiger partial charge in [-0.1, -0.05) is 24.6 Å². The fourth-order valence-corrected chi connectivity index (χ4v) is 2.47. The van der Waals surface area contributed by atoms with E-state index >= 15 is 0 Å². The third-order valence-corrected chi connectivity index (χ3v) is 3.16. The lowest BCUT2D eigenvalue weighted by molar-refractivity contribution is 0.627. The zero-order valence-corrected chi connectivity index (χ0v) is 9.03. The van der Waals surface area contributed by atoms with Gasteiger partial charge in [-0.25, -0.2) is 4.39 Å². The molecule has 0 bridgehead atoms. The van der Waals surface area contributed by atoms with E-state index in [-0.39, 0.29) is 5.82 Å². The van der Waals surface area contributed by atoms with E-state index in [0.29, 0.717) is 10.9 Å². The molecule has 14 heavy (non-hydrogen) atoms. The largest absolute Gasteiger partial charge is 0.207 e. The molecular formula is C12H12ClF. The van der Waals surface area contributed by atoms with Gasteiger partial charge in [0.25, 0.3) is 0 Å². The predicted octanol–water partition coefficient (Wildman–Crippen LogP) is 4.07. The molecule has 0 radical (unpaired) electrons. The maximum absolute atomic E-state index is 13.1. The molecule has 1 atom stereocenters. The standard InChI is InChI=1S/C12H12ClF/c1-3-9-7(2)4-11-10(9)5-8(14)6-12(11)13/h3,5-7H,4H2,1-2H3/b9-3-. The molecular weight excluding hydrogens is 199 g/mol. The summed E-state index contributed by atoms with van der Waals surface area (Å²) in [6, 6.07) is 2.98. The summed E-state index contributed by atoms with van der Waals surface area (Å²) in [6.07, 6.45) is 2.97. The Labute approximate surface area is 88.4 Å². The Morgan fingerprint density at radius 1 is 1.50 bits per heavy atom. The average Bonchev–Trinajstić information content (AvgIpc) is 2.41. The van der Waals surface area contributed by atoms with Gasteiger partial charge in [0.15, 0.2) is 0 Å². The highest BCUT2D eigenvalue weighted by molar-refractivity contribution is 6.31. The molecule has 0 spiro atoms. The Bertz CT molecular complexity index is 407. The lowest BCUT2D eigenvalue weighted by atomic mass is 10.0. The van der Waals surface area contributed by atoms with Crippen molar-refractivity contribution in [2.24, 2.45) is 5.92 Å². The van der Waals surface area contributed by atoms with Gasteiger partial charge in [-0.3, -0.25) is 0 Å². The van der Waals surface area contributed by atoms with Crippen LogP contribution >= 0.6 is 11.6 Å². The van der Waals surface area contributed by atoms with Crippen molar-refractivity contribution in [2.75, 3.05) is 0 Å². The first-order valence-corrected chi connectivity index (χ1v) is 5.15. The van der Waals surface area contributed by atoms with E-state index in [0.717, 1.165) is 17.5 Å². The van der Waals surface area contributed by atoms with Crippen molar-refractivity contribution >= 4 is 17.2 Å². The van der Waals surface area contributed by atoms with Gasteiger partial charge in [0, 0.05) is 5.02 Å². The van der Waals surface area contributed by atoms with Crippen molar-refractivity contribution in [2.45, 2.75) is 20.3 Å². The van der Waals surface area contributed by atoms with Gasteiger partial charge in [-0.2, -0.15) is 0 Å². The molecule has 74 valence electrons. The molecule has 0 amide bonds. The van der Waals surface area contributed by atoms with Crippen LogP contribution in [-0.4, -0.2) is 0 Å². The summed E-state index contributed by atoms with van der Waals surface area (Å²) in [7, 11) is 0. The van der Waals surface area contributed by atoms with Crippen LogP contribution in [0.25, 0.3) is 5.57 Å². The second-order valence-electron chi connectivity index (χ2n) is 3.76. The van der Waals surface area contributed by atoms with E-state index in [1.165, 1.54) is 11.6 Å². The highest BCUT2D eigenvalue weighted by atomic mass is 35.5. The highest BCUT2D eigenvalue weighted by Crippen LogP contribution is 2.40. The second-order valence-corrected chi connectivity index (χ2v) is 4.17. The van der Waals surface area contributed by atoms with Crippen LogP contribution in [0.1, 0.15) is 25.0 Å². The summed E-state index contributed by atoms with van der Waals surface area (Å²) in [5.41, 5.74) is 3.29.